The molecule has 1 atom stereocenters. The predicted molar refractivity (Wildman–Crippen MR) is 370 cm³/mol. The van der Waals surface area contributed by atoms with Gasteiger partial charge in [-0.25, -0.2) is 0 Å². The lowest BCUT2D eigenvalue weighted by molar-refractivity contribution is 0.660. The van der Waals surface area contributed by atoms with Crippen LogP contribution < -0.4 is 9.80 Å². The first kappa shape index (κ1) is 53.0. The van der Waals surface area contributed by atoms with Gasteiger partial charge in [0.05, 0.1) is 16.8 Å². The number of nitrogens with zero attached hydrogens (tertiary/aromatic N) is 2. The van der Waals surface area contributed by atoms with Crippen molar-refractivity contribution in [3.8, 4) is 66.8 Å². The van der Waals surface area contributed by atoms with Gasteiger partial charge in [-0.15, -0.1) is 0 Å². The highest BCUT2D eigenvalue weighted by atomic mass is 15.2. The molecule has 4 aliphatic carbocycles. The highest BCUT2D eigenvalue weighted by molar-refractivity contribution is 6.01. The molecule has 0 saturated carbocycles. The molecule has 2 heteroatoms. The van der Waals surface area contributed by atoms with E-state index in [4.69, 9.17) is 6.58 Å². The first-order chi connectivity index (χ1) is 43.1. The van der Waals surface area contributed by atoms with Crippen molar-refractivity contribution < 1.29 is 0 Å². The minimum Gasteiger partial charge on any atom is -0.310 e. The highest BCUT2D eigenvalue weighted by Crippen LogP contribution is 2.62. The van der Waals surface area contributed by atoms with E-state index in [0.29, 0.717) is 0 Å². The van der Waals surface area contributed by atoms with Crippen molar-refractivity contribution in [2.24, 2.45) is 0 Å². The number of fused-ring (bicyclic) bond motifs is 13. The lowest BCUT2D eigenvalue weighted by atomic mass is 9.64. The molecule has 1 spiro atoms. The largest absolute Gasteiger partial charge is 0.310 e. The van der Waals surface area contributed by atoms with Gasteiger partial charge in [0, 0.05) is 44.7 Å². The van der Waals surface area contributed by atoms with Gasteiger partial charge < -0.3 is 9.80 Å². The molecule has 0 amide bonds. The quantitative estimate of drug-likeness (QED) is 0.142. The monoisotopic (exact) mass is 1130 g/mol. The third-order valence-corrected chi connectivity index (χ3v) is 19.7. The third-order valence-electron chi connectivity index (χ3n) is 19.7. The van der Waals surface area contributed by atoms with Crippen LogP contribution in [0.15, 0.2) is 316 Å². The Labute approximate surface area is 518 Å². The molecule has 16 rings (SSSR count). The minimum atomic E-state index is -0.733. The molecule has 0 saturated heterocycles. The first-order valence-corrected chi connectivity index (χ1v) is 31.0. The normalized spacial score (nSPS) is 16.6. The van der Waals surface area contributed by atoms with Crippen molar-refractivity contribution >= 4 is 34.1 Å². The Morgan fingerprint density at radius 1 is 0.318 bits per heavy atom. The van der Waals surface area contributed by atoms with E-state index in [2.05, 4.69) is 341 Å². The maximum atomic E-state index is 5.12. The predicted octanol–water partition coefficient (Wildman–Crippen LogP) is 22.8. The van der Waals surface area contributed by atoms with E-state index in [1.165, 1.54) is 100 Å². The molecule has 12 aromatic carbocycles. The molecule has 0 fully saturated rings. The van der Waals surface area contributed by atoms with Crippen LogP contribution in [0.1, 0.15) is 72.2 Å². The molecule has 420 valence electrons. The minimum absolute atomic E-state index is 0.231. The summed E-state index contributed by atoms with van der Waals surface area (Å²) in [5.41, 5.74) is 31.1. The van der Waals surface area contributed by atoms with Gasteiger partial charge in [-0.2, -0.15) is 0 Å². The van der Waals surface area contributed by atoms with Crippen molar-refractivity contribution in [2.45, 2.75) is 50.4 Å². The van der Waals surface area contributed by atoms with E-state index in [1.54, 1.807) is 0 Å². The summed E-state index contributed by atoms with van der Waals surface area (Å²) in [6, 6.07) is 105. The standard InChI is InChI=1S/C86H66N2/c1-57-26-9-6-14-31-62-32-15-19-38-73(62)86(57)76-41-22-16-33-69(76)70-37-23-36-68(83(70)86)63-54-66(87(64-50-46-60(47-51-64)58-27-10-7-11-28-58)79-44-24-42-77-81(79)71-34-17-20-39-74(71)84(77,2)3)56-67(55-63)88(65-52-48-61(49-53-65)59-29-12-8-13-30-59)80-45-25-43-78-82(80)72-35-18-21-40-75(72)85(78,4)5/h6-30,32-56H,1,31H2,2-5H3/b14-6-,26-9-. The van der Waals surface area contributed by atoms with E-state index in [-0.39, 0.29) is 10.8 Å². The fourth-order valence-electron chi connectivity index (χ4n) is 15.6. The van der Waals surface area contributed by atoms with Crippen LogP contribution in [0.25, 0.3) is 66.8 Å². The molecule has 0 heterocycles. The number of rotatable bonds is 9. The molecule has 12 aromatic rings. The Kier molecular flexibility index (Phi) is 12.4. The van der Waals surface area contributed by atoms with E-state index in [0.717, 1.165) is 57.2 Å². The summed E-state index contributed by atoms with van der Waals surface area (Å²) in [7, 11) is 0. The zero-order chi connectivity index (χ0) is 59.3. The SMILES string of the molecule is C=C1/C=C\C=C/Cc2ccccc2C12c1ccccc1-c1cccc(-c3cc(N(c4ccc(-c5ccccc5)cc4)c4cccc5c4-c4ccccc4C5(C)C)cc(N(c4ccc(-c5ccccc5)cc4)c4cccc5c4-c4ccccc4C5(C)C)c3)c12. The van der Waals surface area contributed by atoms with Gasteiger partial charge in [-0.1, -0.05) is 283 Å². The molecule has 0 aromatic heterocycles. The summed E-state index contributed by atoms with van der Waals surface area (Å²) < 4.78 is 0. The van der Waals surface area contributed by atoms with Gasteiger partial charge in [-0.05, 0) is 167 Å². The van der Waals surface area contributed by atoms with Gasteiger partial charge in [-0.3, -0.25) is 0 Å². The number of hydrogen-bond donors (Lipinski definition) is 0. The van der Waals surface area contributed by atoms with Crippen molar-refractivity contribution in [3.63, 3.8) is 0 Å². The molecule has 0 N–H and O–H groups in total. The topological polar surface area (TPSA) is 6.48 Å². The second-order valence-electron chi connectivity index (χ2n) is 25.2. The lowest BCUT2D eigenvalue weighted by Crippen LogP contribution is -2.30. The van der Waals surface area contributed by atoms with Crippen LogP contribution in [0, 0.1) is 0 Å². The Morgan fingerprint density at radius 2 is 0.739 bits per heavy atom. The summed E-state index contributed by atoms with van der Waals surface area (Å²) in [6.07, 6.45) is 9.72. The third kappa shape index (κ3) is 8.09. The summed E-state index contributed by atoms with van der Waals surface area (Å²) in [5, 5.41) is 0. The Balaban J connectivity index is 1.03. The Hall–Kier alpha value is -10.5. The van der Waals surface area contributed by atoms with Crippen LogP contribution in [-0.4, -0.2) is 0 Å². The van der Waals surface area contributed by atoms with E-state index >= 15 is 0 Å². The first-order valence-electron chi connectivity index (χ1n) is 31.0. The maximum Gasteiger partial charge on any atom is 0.0716 e. The van der Waals surface area contributed by atoms with Crippen LogP contribution in [-0.2, 0) is 22.7 Å². The van der Waals surface area contributed by atoms with Crippen molar-refractivity contribution in [3.05, 3.63) is 360 Å². The smallest absolute Gasteiger partial charge is 0.0716 e. The van der Waals surface area contributed by atoms with Crippen LogP contribution in [0.4, 0.5) is 34.1 Å². The van der Waals surface area contributed by atoms with Gasteiger partial charge in [0.25, 0.3) is 0 Å². The fourth-order valence-corrected chi connectivity index (χ4v) is 15.6. The summed E-state index contributed by atoms with van der Waals surface area (Å²) in [4.78, 5) is 5.11. The molecule has 0 radical (unpaired) electrons. The number of hydrogen-bond acceptors (Lipinski definition) is 2. The molecular weight excluding hydrogens is 1060 g/mol. The van der Waals surface area contributed by atoms with Crippen LogP contribution in [0.2, 0.25) is 0 Å². The maximum absolute atomic E-state index is 5.12. The molecule has 1 unspecified atom stereocenters. The van der Waals surface area contributed by atoms with Crippen LogP contribution in [0.3, 0.4) is 0 Å². The van der Waals surface area contributed by atoms with Gasteiger partial charge in [0.1, 0.15) is 0 Å². The highest BCUT2D eigenvalue weighted by Gasteiger charge is 2.49. The fraction of sp³-hybridized carbons (Fsp3) is 0.0930. The molecule has 0 aliphatic heterocycles. The van der Waals surface area contributed by atoms with Crippen LogP contribution in [0.5, 0.6) is 0 Å². The molecule has 88 heavy (non-hydrogen) atoms. The van der Waals surface area contributed by atoms with E-state index in [9.17, 15) is 0 Å². The van der Waals surface area contributed by atoms with Gasteiger partial charge in [0.15, 0.2) is 0 Å². The van der Waals surface area contributed by atoms with Crippen LogP contribution >= 0.6 is 0 Å². The van der Waals surface area contributed by atoms with Gasteiger partial charge >= 0.3 is 0 Å². The average Bonchev–Trinajstić information content (AvgIpc) is 1.53. The Morgan fingerprint density at radius 3 is 1.28 bits per heavy atom. The van der Waals surface area contributed by atoms with E-state index in [1.807, 2.05) is 0 Å². The summed E-state index contributed by atoms with van der Waals surface area (Å²) in [6.45, 7) is 14.7. The second-order valence-corrected chi connectivity index (χ2v) is 25.2. The molecular formula is C86H66N2. The molecule has 0 bridgehead atoms. The van der Waals surface area contributed by atoms with Crippen molar-refractivity contribution in [1.82, 2.24) is 0 Å². The second kappa shape index (κ2) is 20.6. The average molecular weight is 1130 g/mol. The zero-order valence-electron chi connectivity index (χ0n) is 50.2. The summed E-state index contributed by atoms with van der Waals surface area (Å²) >= 11 is 0. The number of allylic oxidation sites excluding steroid dienone is 5. The van der Waals surface area contributed by atoms with Crippen molar-refractivity contribution in [2.75, 3.05) is 9.80 Å². The number of anilines is 6. The Bertz CT molecular complexity index is 4610. The molecule has 4 aliphatic rings. The van der Waals surface area contributed by atoms with Gasteiger partial charge in [0.2, 0.25) is 0 Å². The zero-order valence-corrected chi connectivity index (χ0v) is 50.2. The lowest BCUT2D eigenvalue weighted by Gasteiger charge is -2.37. The van der Waals surface area contributed by atoms with E-state index < -0.39 is 5.41 Å². The van der Waals surface area contributed by atoms with Crippen molar-refractivity contribution in [1.29, 1.82) is 0 Å². The summed E-state index contributed by atoms with van der Waals surface area (Å²) in [5.74, 6) is 0. The number of benzene rings is 12. The molecule has 2 nitrogen and oxygen atoms in total.